The van der Waals surface area contributed by atoms with Gasteiger partial charge in [0.1, 0.15) is 5.56 Å². The van der Waals surface area contributed by atoms with Crippen LogP contribution in [-0.2, 0) is 17.5 Å². The number of rotatable bonds is 7. The quantitative estimate of drug-likeness (QED) is 0.400. The number of carbonyl (C=O) groups is 1. The molecule has 182 valence electrons. The molecule has 1 aromatic carbocycles. The molecule has 3 aromatic rings. The number of morpholine rings is 1. The molecule has 4 rings (SSSR count). The van der Waals surface area contributed by atoms with Crippen molar-refractivity contribution in [3.05, 3.63) is 41.0 Å². The molecule has 3 heterocycles. The topological polar surface area (TPSA) is 107 Å². The molecule has 1 saturated heterocycles. The van der Waals surface area contributed by atoms with Crippen LogP contribution in [0.2, 0.25) is 0 Å². The van der Waals surface area contributed by atoms with E-state index in [0.717, 1.165) is 6.07 Å². The largest absolute Gasteiger partial charge is 0.494 e. The zero-order valence-electron chi connectivity index (χ0n) is 18.6. The third-order valence-corrected chi connectivity index (χ3v) is 5.31. The fourth-order valence-electron chi connectivity index (χ4n) is 3.77. The lowest BCUT2D eigenvalue weighted by molar-refractivity contribution is -0.721. The molecule has 0 spiro atoms. The summed E-state index contributed by atoms with van der Waals surface area (Å²) in [7, 11) is 1.17. The van der Waals surface area contributed by atoms with Crippen molar-refractivity contribution in [2.45, 2.75) is 19.6 Å². The van der Waals surface area contributed by atoms with Crippen molar-refractivity contribution in [1.29, 1.82) is 5.41 Å². The summed E-state index contributed by atoms with van der Waals surface area (Å²) in [5.74, 6) is -0.673. The number of nitrogens with zero attached hydrogens (tertiary/aromatic N) is 5. The van der Waals surface area contributed by atoms with Gasteiger partial charge in [-0.25, -0.2) is 0 Å². The number of nitrogens with one attached hydrogen (secondary N) is 1. The van der Waals surface area contributed by atoms with Crippen LogP contribution in [0.1, 0.15) is 22.8 Å². The molecule has 0 atom stereocenters. The van der Waals surface area contributed by atoms with Gasteiger partial charge in [0.15, 0.2) is 12.3 Å². The van der Waals surface area contributed by atoms with Crippen LogP contribution in [-0.4, -0.2) is 55.4 Å². The number of alkyl halides is 3. The maximum Gasteiger partial charge on any atom is 0.420 e. The Bertz CT molecular complexity index is 1260. The van der Waals surface area contributed by atoms with Gasteiger partial charge in [-0.05, 0) is 24.2 Å². The monoisotopic (exact) mass is 480 g/mol. The minimum Gasteiger partial charge on any atom is -0.494 e. The fraction of sp³-hybridized carbons (Fsp3) is 0.429. The summed E-state index contributed by atoms with van der Waals surface area (Å²) >= 11 is 0. The molecule has 0 amide bonds. The second-order valence-corrected chi connectivity index (χ2v) is 7.45. The fourth-order valence-corrected chi connectivity index (χ4v) is 3.77. The maximum atomic E-state index is 13.9. The van der Waals surface area contributed by atoms with E-state index >= 15 is 0 Å². The highest BCUT2D eigenvalue weighted by Gasteiger charge is 2.38. The Kier molecular flexibility index (Phi) is 6.46. The number of hydrogen-bond acceptors (Lipinski definition) is 7. The highest BCUT2D eigenvalue weighted by molar-refractivity contribution is 5.97. The molecule has 0 aliphatic carbocycles. The van der Waals surface area contributed by atoms with E-state index in [-0.39, 0.29) is 35.0 Å². The molecule has 1 aliphatic rings. The summed E-state index contributed by atoms with van der Waals surface area (Å²) in [4.78, 5) is 14.8. The second-order valence-electron chi connectivity index (χ2n) is 7.45. The second kappa shape index (κ2) is 9.33. The van der Waals surface area contributed by atoms with Crippen LogP contribution in [0.4, 0.5) is 18.9 Å². The molecular formula is C21H23F3N6O4. The highest BCUT2D eigenvalue weighted by Crippen LogP contribution is 2.43. The first kappa shape index (κ1) is 23.5. The molecule has 2 aromatic heterocycles. The van der Waals surface area contributed by atoms with Gasteiger partial charge in [-0.2, -0.15) is 23.0 Å². The van der Waals surface area contributed by atoms with Gasteiger partial charge in [0.2, 0.25) is 11.4 Å². The van der Waals surface area contributed by atoms with Gasteiger partial charge in [0, 0.05) is 30.8 Å². The number of hydrogen-bond donors (Lipinski definition) is 1. The van der Waals surface area contributed by atoms with Crippen LogP contribution >= 0.6 is 0 Å². The first-order valence-electron chi connectivity index (χ1n) is 10.5. The van der Waals surface area contributed by atoms with E-state index in [0.29, 0.717) is 38.6 Å². The van der Waals surface area contributed by atoms with Gasteiger partial charge >= 0.3 is 11.8 Å². The third-order valence-electron chi connectivity index (χ3n) is 5.31. The van der Waals surface area contributed by atoms with Gasteiger partial charge in [-0.15, -0.1) is 0 Å². The number of fused-ring (bicyclic) bond motifs is 1. The molecule has 0 radical (unpaired) electrons. The molecule has 1 fully saturated rings. The first-order valence-corrected chi connectivity index (χ1v) is 10.5. The van der Waals surface area contributed by atoms with E-state index in [1.165, 1.54) is 22.4 Å². The SMILES string of the molecule is CCOc1ccc2n(n1)c(=N)[n-][n+]2CC(=O)c1cc(N2CCOCC2)c(OC)c(C(F)(F)F)c1. The number of Topliss-reactive ketones (excluding diaryl/α,β-unsaturated/α-hetero) is 1. The van der Waals surface area contributed by atoms with Crippen molar-refractivity contribution in [3.8, 4) is 11.6 Å². The van der Waals surface area contributed by atoms with Crippen LogP contribution in [0.15, 0.2) is 24.3 Å². The Morgan fingerprint density at radius 3 is 2.68 bits per heavy atom. The molecule has 0 bridgehead atoms. The Balaban J connectivity index is 1.74. The molecule has 10 nitrogen and oxygen atoms in total. The molecule has 1 N–H and O–H groups in total. The minimum atomic E-state index is -4.73. The van der Waals surface area contributed by atoms with Crippen LogP contribution in [0.25, 0.3) is 5.65 Å². The summed E-state index contributed by atoms with van der Waals surface area (Å²) < 4.78 is 59.7. The number of ether oxygens (including phenoxy) is 3. The van der Waals surface area contributed by atoms with E-state index in [1.807, 2.05) is 0 Å². The number of methoxy groups -OCH3 is 1. The Labute approximate surface area is 192 Å². The zero-order valence-corrected chi connectivity index (χ0v) is 18.6. The van der Waals surface area contributed by atoms with E-state index in [9.17, 15) is 18.0 Å². The van der Waals surface area contributed by atoms with Crippen molar-refractivity contribution in [2.75, 3.05) is 44.9 Å². The molecule has 13 heteroatoms. The van der Waals surface area contributed by atoms with Crippen LogP contribution in [0.5, 0.6) is 11.6 Å². The highest BCUT2D eigenvalue weighted by atomic mass is 19.4. The van der Waals surface area contributed by atoms with Crippen molar-refractivity contribution in [2.24, 2.45) is 0 Å². The number of halogens is 3. The smallest absolute Gasteiger partial charge is 0.420 e. The van der Waals surface area contributed by atoms with Crippen molar-refractivity contribution >= 4 is 17.1 Å². The molecule has 0 unspecified atom stereocenters. The van der Waals surface area contributed by atoms with Gasteiger partial charge in [-0.1, -0.05) is 4.52 Å². The van der Waals surface area contributed by atoms with Gasteiger partial charge < -0.3 is 24.5 Å². The average Bonchev–Trinajstić information content (AvgIpc) is 3.12. The summed E-state index contributed by atoms with van der Waals surface area (Å²) in [6.07, 6.45) is -4.73. The van der Waals surface area contributed by atoms with Crippen LogP contribution in [0.3, 0.4) is 0 Å². The molecule has 0 saturated carbocycles. The normalized spacial score (nSPS) is 14.4. The standard InChI is InChI=1S/C21H23F3N6O4/c1-3-34-17-4-5-18-29(27-20(25)30(18)26-17)12-16(31)13-10-14(21(22,23)24)19(32-2)15(11-13)28-6-8-33-9-7-28/h4-5,10-11,25H,3,6-9,12H2,1-2H3. The number of carbonyl (C=O) groups excluding carboxylic acids is 1. The van der Waals surface area contributed by atoms with Crippen molar-refractivity contribution in [1.82, 2.24) is 14.7 Å². The van der Waals surface area contributed by atoms with E-state index in [2.05, 4.69) is 10.2 Å². The lowest BCUT2D eigenvalue weighted by atomic mass is 10.0. The van der Waals surface area contributed by atoms with E-state index in [4.69, 9.17) is 19.6 Å². The first-order chi connectivity index (χ1) is 16.2. The summed E-state index contributed by atoms with van der Waals surface area (Å²) in [5.41, 5.74) is -0.934. The van der Waals surface area contributed by atoms with Gasteiger partial charge in [-0.3, -0.25) is 4.79 Å². The number of benzene rings is 1. The number of aromatic nitrogens is 4. The molecule has 1 aliphatic heterocycles. The number of anilines is 1. The lowest BCUT2D eigenvalue weighted by Crippen LogP contribution is -2.43. The number of ketones is 1. The van der Waals surface area contributed by atoms with Crippen LogP contribution in [0, 0.1) is 5.41 Å². The predicted octanol–water partition coefficient (Wildman–Crippen LogP) is 1.20. The van der Waals surface area contributed by atoms with Gasteiger partial charge in [0.25, 0.3) is 5.88 Å². The summed E-state index contributed by atoms with van der Waals surface area (Å²) in [5, 5.41) is 16.2. The lowest BCUT2D eigenvalue weighted by Gasteiger charge is -2.31. The van der Waals surface area contributed by atoms with E-state index in [1.54, 1.807) is 24.0 Å². The Morgan fingerprint density at radius 1 is 1.29 bits per heavy atom. The van der Waals surface area contributed by atoms with Gasteiger partial charge in [0.05, 0.1) is 32.6 Å². The van der Waals surface area contributed by atoms with Crippen molar-refractivity contribution < 1.29 is 36.9 Å². The van der Waals surface area contributed by atoms with Crippen molar-refractivity contribution in [3.63, 3.8) is 0 Å². The minimum absolute atomic E-state index is 0.145. The predicted molar refractivity (Wildman–Crippen MR) is 111 cm³/mol. The Hall–Kier alpha value is -3.61. The summed E-state index contributed by atoms with van der Waals surface area (Å²) in [6.45, 7) is 3.21. The van der Waals surface area contributed by atoms with Crippen LogP contribution < -0.4 is 29.8 Å². The molecular weight excluding hydrogens is 457 g/mol. The van der Waals surface area contributed by atoms with E-state index < -0.39 is 17.5 Å². The maximum absolute atomic E-state index is 13.9. The summed E-state index contributed by atoms with van der Waals surface area (Å²) in [6, 6.07) is 5.32. The average molecular weight is 480 g/mol. The third kappa shape index (κ3) is 4.55. The zero-order chi connectivity index (χ0) is 24.5. The Morgan fingerprint density at radius 2 is 2.03 bits per heavy atom. The molecule has 34 heavy (non-hydrogen) atoms.